The molecule has 1 heterocycles. The second-order valence-corrected chi connectivity index (χ2v) is 4.23. The molecule has 0 fully saturated rings. The standard InChI is InChI=1S/C11H12FN3OS/c1-2-3-10-14-11(17-15-10)16-9-5-4-7(13)6-8(9)12/h4-6H,2-3,13H2,1H3. The number of anilines is 1. The summed E-state index contributed by atoms with van der Waals surface area (Å²) < 4.78 is 22.9. The molecule has 0 saturated carbocycles. The smallest absolute Gasteiger partial charge is 0.298 e. The molecule has 0 atom stereocenters. The van der Waals surface area contributed by atoms with Gasteiger partial charge in [0.15, 0.2) is 11.6 Å². The molecular formula is C11H12FN3OS. The van der Waals surface area contributed by atoms with Crippen LogP contribution in [0.2, 0.25) is 0 Å². The van der Waals surface area contributed by atoms with Gasteiger partial charge in [-0.15, -0.1) is 0 Å². The van der Waals surface area contributed by atoms with Crippen LogP contribution in [0.4, 0.5) is 10.1 Å². The largest absolute Gasteiger partial charge is 0.427 e. The van der Waals surface area contributed by atoms with Crippen LogP contribution in [0, 0.1) is 5.82 Å². The Balaban J connectivity index is 2.13. The van der Waals surface area contributed by atoms with E-state index in [-0.39, 0.29) is 5.75 Å². The third-order valence-electron chi connectivity index (χ3n) is 2.08. The van der Waals surface area contributed by atoms with Gasteiger partial charge in [0.05, 0.1) is 0 Å². The highest BCUT2D eigenvalue weighted by atomic mass is 32.1. The number of nitrogens with two attached hydrogens (primary N) is 1. The number of hydrogen-bond acceptors (Lipinski definition) is 5. The maximum absolute atomic E-state index is 13.4. The van der Waals surface area contributed by atoms with E-state index < -0.39 is 5.82 Å². The molecule has 0 saturated heterocycles. The van der Waals surface area contributed by atoms with Gasteiger partial charge < -0.3 is 10.5 Å². The molecule has 0 aliphatic carbocycles. The minimum Gasteiger partial charge on any atom is -0.427 e. The highest BCUT2D eigenvalue weighted by Gasteiger charge is 2.09. The zero-order chi connectivity index (χ0) is 12.3. The number of aryl methyl sites for hydroxylation is 1. The minimum absolute atomic E-state index is 0.110. The van der Waals surface area contributed by atoms with E-state index in [1.807, 2.05) is 6.92 Å². The Bertz CT molecular complexity index is 515. The lowest BCUT2D eigenvalue weighted by Gasteiger charge is -2.02. The summed E-state index contributed by atoms with van der Waals surface area (Å²) in [5.74, 6) is 0.332. The Labute approximate surface area is 102 Å². The van der Waals surface area contributed by atoms with Crippen LogP contribution in [0.5, 0.6) is 10.9 Å². The molecule has 2 rings (SSSR count). The second-order valence-electron chi connectivity index (χ2n) is 3.52. The summed E-state index contributed by atoms with van der Waals surface area (Å²) >= 11 is 1.12. The number of rotatable bonds is 4. The SMILES string of the molecule is CCCc1nsc(Oc2ccc(N)cc2F)n1. The van der Waals surface area contributed by atoms with Crippen molar-refractivity contribution in [2.75, 3.05) is 5.73 Å². The normalized spacial score (nSPS) is 10.5. The molecule has 0 aliphatic rings. The molecule has 1 aromatic carbocycles. The minimum atomic E-state index is -0.503. The Morgan fingerprint density at radius 2 is 2.29 bits per heavy atom. The Hall–Kier alpha value is -1.69. The highest BCUT2D eigenvalue weighted by molar-refractivity contribution is 7.07. The number of benzene rings is 1. The first-order valence-electron chi connectivity index (χ1n) is 5.24. The number of ether oxygens (including phenoxy) is 1. The molecule has 0 radical (unpaired) electrons. The van der Waals surface area contributed by atoms with Gasteiger partial charge in [-0.05, 0) is 18.6 Å². The van der Waals surface area contributed by atoms with Crippen LogP contribution in [-0.2, 0) is 6.42 Å². The van der Waals surface area contributed by atoms with Gasteiger partial charge in [0.25, 0.3) is 5.19 Å². The number of nitrogens with zero attached hydrogens (tertiary/aromatic N) is 2. The number of halogens is 1. The Kier molecular flexibility index (Phi) is 3.53. The van der Waals surface area contributed by atoms with Crippen LogP contribution in [-0.4, -0.2) is 9.36 Å². The summed E-state index contributed by atoms with van der Waals surface area (Å²) in [6.45, 7) is 2.04. The van der Waals surface area contributed by atoms with Crippen molar-refractivity contribution in [1.29, 1.82) is 0 Å². The van der Waals surface area contributed by atoms with E-state index in [0.29, 0.717) is 10.9 Å². The third kappa shape index (κ3) is 2.91. The number of nitrogen functional groups attached to an aromatic ring is 1. The Morgan fingerprint density at radius 3 is 3.00 bits per heavy atom. The van der Waals surface area contributed by atoms with Crippen LogP contribution in [0.25, 0.3) is 0 Å². The van der Waals surface area contributed by atoms with Gasteiger partial charge in [0.2, 0.25) is 0 Å². The summed E-state index contributed by atoms with van der Waals surface area (Å²) in [6, 6.07) is 4.27. The van der Waals surface area contributed by atoms with Crippen molar-refractivity contribution < 1.29 is 9.13 Å². The van der Waals surface area contributed by atoms with Crippen LogP contribution < -0.4 is 10.5 Å². The van der Waals surface area contributed by atoms with Gasteiger partial charge in [-0.25, -0.2) is 4.39 Å². The van der Waals surface area contributed by atoms with Crippen LogP contribution >= 0.6 is 11.5 Å². The zero-order valence-electron chi connectivity index (χ0n) is 9.31. The lowest BCUT2D eigenvalue weighted by Crippen LogP contribution is -1.91. The van der Waals surface area contributed by atoms with E-state index in [1.54, 1.807) is 6.07 Å². The van der Waals surface area contributed by atoms with E-state index in [0.717, 1.165) is 30.2 Å². The monoisotopic (exact) mass is 253 g/mol. The van der Waals surface area contributed by atoms with Crippen molar-refractivity contribution >= 4 is 17.2 Å². The molecule has 17 heavy (non-hydrogen) atoms. The molecule has 6 heteroatoms. The average Bonchev–Trinajstić information content (AvgIpc) is 2.71. The first kappa shape index (κ1) is 11.8. The van der Waals surface area contributed by atoms with Crippen molar-refractivity contribution in [2.24, 2.45) is 0 Å². The molecule has 4 nitrogen and oxygen atoms in total. The van der Waals surface area contributed by atoms with Crippen LogP contribution in [0.15, 0.2) is 18.2 Å². The van der Waals surface area contributed by atoms with Crippen molar-refractivity contribution in [3.05, 3.63) is 29.8 Å². The Morgan fingerprint density at radius 1 is 1.47 bits per heavy atom. The predicted molar refractivity (Wildman–Crippen MR) is 64.8 cm³/mol. The predicted octanol–water partition coefficient (Wildman–Crippen LogP) is 3.00. The lowest BCUT2D eigenvalue weighted by molar-refractivity contribution is 0.438. The van der Waals surface area contributed by atoms with Crippen molar-refractivity contribution in [1.82, 2.24) is 9.36 Å². The van der Waals surface area contributed by atoms with Gasteiger partial charge in [-0.3, -0.25) is 0 Å². The first-order valence-corrected chi connectivity index (χ1v) is 6.02. The molecule has 0 unspecified atom stereocenters. The topological polar surface area (TPSA) is 61.0 Å². The summed E-state index contributed by atoms with van der Waals surface area (Å²) in [5.41, 5.74) is 5.80. The first-order chi connectivity index (χ1) is 8.19. The van der Waals surface area contributed by atoms with Crippen molar-refractivity contribution in [2.45, 2.75) is 19.8 Å². The third-order valence-corrected chi connectivity index (χ3v) is 2.71. The van der Waals surface area contributed by atoms with Gasteiger partial charge in [0.1, 0.15) is 5.82 Å². The van der Waals surface area contributed by atoms with E-state index in [4.69, 9.17) is 10.5 Å². The van der Waals surface area contributed by atoms with E-state index >= 15 is 0 Å². The van der Waals surface area contributed by atoms with Gasteiger partial charge in [-0.1, -0.05) is 6.92 Å². The summed E-state index contributed by atoms with van der Waals surface area (Å²) in [5, 5.41) is 0.345. The average molecular weight is 253 g/mol. The van der Waals surface area contributed by atoms with Crippen molar-refractivity contribution in [3.63, 3.8) is 0 Å². The number of aromatic nitrogens is 2. The summed E-state index contributed by atoms with van der Waals surface area (Å²) in [4.78, 5) is 4.15. The molecule has 1 aromatic heterocycles. The quantitative estimate of drug-likeness (QED) is 0.851. The summed E-state index contributed by atoms with van der Waals surface area (Å²) in [7, 11) is 0. The van der Waals surface area contributed by atoms with E-state index in [1.165, 1.54) is 12.1 Å². The summed E-state index contributed by atoms with van der Waals surface area (Å²) in [6.07, 6.45) is 1.76. The molecule has 0 spiro atoms. The molecule has 2 N–H and O–H groups in total. The molecule has 2 aromatic rings. The number of hydrogen-bond donors (Lipinski definition) is 1. The fraction of sp³-hybridized carbons (Fsp3) is 0.273. The maximum Gasteiger partial charge on any atom is 0.298 e. The lowest BCUT2D eigenvalue weighted by atomic mass is 10.3. The molecule has 0 amide bonds. The molecule has 0 aliphatic heterocycles. The molecular weight excluding hydrogens is 241 g/mol. The zero-order valence-corrected chi connectivity index (χ0v) is 10.1. The van der Waals surface area contributed by atoms with Crippen LogP contribution in [0.3, 0.4) is 0 Å². The van der Waals surface area contributed by atoms with Gasteiger partial charge >= 0.3 is 0 Å². The van der Waals surface area contributed by atoms with Gasteiger partial charge in [0, 0.05) is 29.7 Å². The van der Waals surface area contributed by atoms with Crippen molar-refractivity contribution in [3.8, 4) is 10.9 Å². The maximum atomic E-state index is 13.4. The molecule has 90 valence electrons. The molecule has 0 bridgehead atoms. The van der Waals surface area contributed by atoms with E-state index in [9.17, 15) is 4.39 Å². The highest BCUT2D eigenvalue weighted by Crippen LogP contribution is 2.27. The second kappa shape index (κ2) is 5.09. The van der Waals surface area contributed by atoms with Gasteiger partial charge in [-0.2, -0.15) is 9.36 Å². The van der Waals surface area contributed by atoms with Crippen LogP contribution in [0.1, 0.15) is 19.2 Å². The fourth-order valence-corrected chi connectivity index (χ4v) is 1.89. The van der Waals surface area contributed by atoms with E-state index in [2.05, 4.69) is 9.36 Å². The fourth-order valence-electron chi connectivity index (χ4n) is 1.30.